The quantitative estimate of drug-likeness (QED) is 0.0628. The first-order chi connectivity index (χ1) is 20.1. The van der Waals surface area contributed by atoms with E-state index >= 15 is 0 Å². The van der Waals surface area contributed by atoms with Gasteiger partial charge >= 0.3 is 11.9 Å². The Morgan fingerprint density at radius 3 is 1.63 bits per heavy atom. The Hall–Kier alpha value is -1.14. The lowest BCUT2D eigenvalue weighted by Crippen LogP contribution is -2.29. The van der Waals surface area contributed by atoms with E-state index < -0.39 is 0 Å². The zero-order valence-corrected chi connectivity index (χ0v) is 27.6. The van der Waals surface area contributed by atoms with Gasteiger partial charge in [0.1, 0.15) is 6.10 Å². The molecule has 6 heteroatoms. The summed E-state index contributed by atoms with van der Waals surface area (Å²) in [5.74, 6) is -0.0551. The predicted octanol–water partition coefficient (Wildman–Crippen LogP) is 9.16. The Bertz CT molecular complexity index is 571. The number of unbranched alkanes of at least 4 members (excludes halogenated alkanes) is 15. The van der Waals surface area contributed by atoms with Crippen LogP contribution in [0.15, 0.2) is 0 Å². The molecule has 0 saturated heterocycles. The van der Waals surface area contributed by atoms with Gasteiger partial charge in [0.15, 0.2) is 0 Å². The van der Waals surface area contributed by atoms with Gasteiger partial charge in [-0.25, -0.2) is 0 Å². The average Bonchev–Trinajstić information content (AvgIpc) is 2.96. The van der Waals surface area contributed by atoms with Gasteiger partial charge in [-0.05, 0) is 58.0 Å². The van der Waals surface area contributed by atoms with E-state index in [0.29, 0.717) is 19.4 Å². The first-order valence-corrected chi connectivity index (χ1v) is 17.8. The van der Waals surface area contributed by atoms with Crippen molar-refractivity contribution in [1.29, 1.82) is 0 Å². The van der Waals surface area contributed by atoms with Crippen LogP contribution in [0.5, 0.6) is 0 Å². The van der Waals surface area contributed by atoms with E-state index in [9.17, 15) is 14.7 Å². The highest BCUT2D eigenvalue weighted by atomic mass is 16.5. The van der Waals surface area contributed by atoms with Gasteiger partial charge in [0, 0.05) is 19.4 Å². The zero-order valence-electron chi connectivity index (χ0n) is 27.6. The Morgan fingerprint density at radius 2 is 1.07 bits per heavy atom. The second-order valence-corrected chi connectivity index (χ2v) is 12.0. The summed E-state index contributed by atoms with van der Waals surface area (Å²) < 4.78 is 11.1. The standard InChI is InChI=1S/C35H69NO5/c1-4-7-9-10-11-18-23-32-40-34(38)26-19-14-12-16-21-28-36(30-31-37)29-22-17-13-15-20-27-35(39)41-33(24-6-3)25-8-5-2/h33,37H,4-32H2,1-3H3. The highest BCUT2D eigenvalue weighted by molar-refractivity contribution is 5.69. The van der Waals surface area contributed by atoms with Gasteiger partial charge in [0.05, 0.1) is 13.2 Å². The van der Waals surface area contributed by atoms with Gasteiger partial charge in [-0.15, -0.1) is 0 Å². The maximum atomic E-state index is 12.2. The van der Waals surface area contributed by atoms with Gasteiger partial charge in [-0.3, -0.25) is 9.59 Å². The largest absolute Gasteiger partial charge is 0.466 e. The van der Waals surface area contributed by atoms with E-state index in [2.05, 4.69) is 25.7 Å². The molecule has 1 N–H and O–H groups in total. The van der Waals surface area contributed by atoms with E-state index in [-0.39, 0.29) is 24.6 Å². The first-order valence-electron chi connectivity index (χ1n) is 17.8. The van der Waals surface area contributed by atoms with Crippen molar-refractivity contribution in [3.8, 4) is 0 Å². The Balaban J connectivity index is 3.68. The Kier molecular flexibility index (Phi) is 30.9. The molecule has 1 unspecified atom stereocenters. The molecule has 0 rings (SSSR count). The van der Waals surface area contributed by atoms with Crippen molar-refractivity contribution in [3.05, 3.63) is 0 Å². The number of carbonyl (C=O) groups is 2. The number of hydrogen-bond donors (Lipinski definition) is 1. The van der Waals surface area contributed by atoms with Gasteiger partial charge in [0.25, 0.3) is 0 Å². The lowest BCUT2D eigenvalue weighted by molar-refractivity contribution is -0.150. The van der Waals surface area contributed by atoms with E-state index in [4.69, 9.17) is 9.47 Å². The normalized spacial score (nSPS) is 12.1. The van der Waals surface area contributed by atoms with E-state index in [1.54, 1.807) is 0 Å². The number of nitrogens with zero attached hydrogens (tertiary/aromatic N) is 1. The van der Waals surface area contributed by atoms with Crippen molar-refractivity contribution in [2.75, 3.05) is 32.8 Å². The molecule has 0 bridgehead atoms. The second-order valence-electron chi connectivity index (χ2n) is 12.0. The molecule has 0 radical (unpaired) electrons. The van der Waals surface area contributed by atoms with Crippen molar-refractivity contribution >= 4 is 11.9 Å². The number of aliphatic hydroxyl groups excluding tert-OH is 1. The van der Waals surface area contributed by atoms with E-state index in [0.717, 1.165) is 110 Å². The van der Waals surface area contributed by atoms with Gasteiger partial charge in [-0.1, -0.05) is 117 Å². The molecule has 0 aliphatic heterocycles. The summed E-state index contributed by atoms with van der Waals surface area (Å²) in [7, 11) is 0. The molecule has 0 aromatic heterocycles. The molecule has 0 aromatic rings. The van der Waals surface area contributed by atoms with Gasteiger partial charge in [0.2, 0.25) is 0 Å². The molecule has 0 fully saturated rings. The number of aliphatic hydroxyl groups is 1. The van der Waals surface area contributed by atoms with Crippen LogP contribution >= 0.6 is 0 Å². The van der Waals surface area contributed by atoms with Crippen LogP contribution in [0.1, 0.15) is 175 Å². The fourth-order valence-corrected chi connectivity index (χ4v) is 5.33. The second kappa shape index (κ2) is 31.8. The molecule has 0 saturated carbocycles. The molecule has 0 heterocycles. The molecule has 41 heavy (non-hydrogen) atoms. The van der Waals surface area contributed by atoms with Crippen LogP contribution in [0.2, 0.25) is 0 Å². The zero-order chi connectivity index (χ0) is 30.2. The third-order valence-electron chi connectivity index (χ3n) is 7.93. The minimum absolute atomic E-state index is 0.0209. The van der Waals surface area contributed by atoms with Crippen LogP contribution in [-0.4, -0.2) is 60.9 Å². The third-order valence-corrected chi connectivity index (χ3v) is 7.93. The van der Waals surface area contributed by atoms with Crippen LogP contribution in [0.3, 0.4) is 0 Å². The molecular formula is C35H69NO5. The highest BCUT2D eigenvalue weighted by Gasteiger charge is 2.13. The summed E-state index contributed by atoms with van der Waals surface area (Å²) in [4.78, 5) is 26.4. The molecule has 244 valence electrons. The van der Waals surface area contributed by atoms with Crippen molar-refractivity contribution in [2.45, 2.75) is 181 Å². The number of ether oxygens (including phenoxy) is 2. The first kappa shape index (κ1) is 39.9. The Labute approximate surface area is 254 Å². The number of rotatable bonds is 32. The fraction of sp³-hybridized carbons (Fsp3) is 0.943. The topological polar surface area (TPSA) is 76.1 Å². The molecule has 0 aliphatic rings. The third kappa shape index (κ3) is 28.7. The van der Waals surface area contributed by atoms with E-state index in [1.165, 1.54) is 51.4 Å². The summed E-state index contributed by atoms with van der Waals surface area (Å²) in [5.41, 5.74) is 0. The van der Waals surface area contributed by atoms with Crippen LogP contribution in [0.25, 0.3) is 0 Å². The SMILES string of the molecule is CCCCCCCCCOC(=O)CCCCCCCN(CCO)CCCCCCCC(=O)OC(CCC)CCCC. The highest BCUT2D eigenvalue weighted by Crippen LogP contribution is 2.14. The molecule has 1 atom stereocenters. The summed E-state index contributed by atoms with van der Waals surface area (Å²) in [6.45, 7) is 10.2. The maximum absolute atomic E-state index is 12.2. The van der Waals surface area contributed by atoms with Crippen LogP contribution in [-0.2, 0) is 19.1 Å². The smallest absolute Gasteiger partial charge is 0.306 e. The lowest BCUT2D eigenvalue weighted by atomic mass is 10.1. The number of carbonyl (C=O) groups excluding carboxylic acids is 2. The molecule has 0 amide bonds. The number of esters is 2. The van der Waals surface area contributed by atoms with Gasteiger partial charge in [-0.2, -0.15) is 0 Å². The van der Waals surface area contributed by atoms with Crippen molar-refractivity contribution in [2.24, 2.45) is 0 Å². The molecular weight excluding hydrogens is 514 g/mol. The summed E-state index contributed by atoms with van der Waals surface area (Å²) in [6.07, 6.45) is 26.1. The monoisotopic (exact) mass is 584 g/mol. The molecule has 0 aromatic carbocycles. The fourth-order valence-electron chi connectivity index (χ4n) is 5.33. The Morgan fingerprint density at radius 1 is 0.561 bits per heavy atom. The predicted molar refractivity (Wildman–Crippen MR) is 172 cm³/mol. The van der Waals surface area contributed by atoms with Crippen LogP contribution < -0.4 is 0 Å². The van der Waals surface area contributed by atoms with E-state index in [1.807, 2.05) is 0 Å². The maximum Gasteiger partial charge on any atom is 0.306 e. The van der Waals surface area contributed by atoms with Gasteiger partial charge < -0.3 is 19.5 Å². The van der Waals surface area contributed by atoms with Crippen molar-refractivity contribution in [3.63, 3.8) is 0 Å². The van der Waals surface area contributed by atoms with Crippen molar-refractivity contribution in [1.82, 2.24) is 4.90 Å². The molecule has 0 aliphatic carbocycles. The summed E-state index contributed by atoms with van der Waals surface area (Å²) in [6, 6.07) is 0. The summed E-state index contributed by atoms with van der Waals surface area (Å²) >= 11 is 0. The minimum Gasteiger partial charge on any atom is -0.466 e. The lowest BCUT2D eigenvalue weighted by Gasteiger charge is -2.21. The van der Waals surface area contributed by atoms with Crippen LogP contribution in [0.4, 0.5) is 0 Å². The number of hydrogen-bond acceptors (Lipinski definition) is 6. The van der Waals surface area contributed by atoms with Crippen molar-refractivity contribution < 1.29 is 24.2 Å². The molecule has 0 spiro atoms. The average molecular weight is 584 g/mol. The summed E-state index contributed by atoms with van der Waals surface area (Å²) in [5, 5.41) is 9.44. The molecule has 6 nitrogen and oxygen atoms in total. The minimum atomic E-state index is -0.0342. The van der Waals surface area contributed by atoms with Crippen LogP contribution in [0, 0.1) is 0 Å².